The molecule has 0 N–H and O–H groups in total. The zero-order valence-electron chi connectivity index (χ0n) is 16.7. The molecule has 4 heteroatoms. The fourth-order valence-corrected chi connectivity index (χ4v) is 3.31. The van der Waals surface area contributed by atoms with Gasteiger partial charge in [0.05, 0.1) is 23.2 Å². The van der Waals surface area contributed by atoms with Crippen LogP contribution in [-0.4, -0.2) is 35.5 Å². The first-order chi connectivity index (χ1) is 10.8. The fraction of sp³-hybridized carbons (Fsp3) is 0.850. The van der Waals surface area contributed by atoms with Gasteiger partial charge in [-0.25, -0.2) is 0 Å². The quantitative estimate of drug-likeness (QED) is 0.534. The molecule has 0 amide bonds. The Morgan fingerprint density at radius 2 is 1.79 bits per heavy atom. The Hall–Kier alpha value is -0.870. The van der Waals surface area contributed by atoms with Gasteiger partial charge in [-0.15, -0.1) is 0 Å². The van der Waals surface area contributed by atoms with Crippen LogP contribution in [0.2, 0.25) is 0 Å². The number of ether oxygens (including phenoxy) is 3. The molecule has 1 aliphatic carbocycles. The highest BCUT2D eigenvalue weighted by Crippen LogP contribution is 2.36. The average molecular weight is 341 g/mol. The summed E-state index contributed by atoms with van der Waals surface area (Å²) in [5, 5.41) is 0. The highest BCUT2D eigenvalue weighted by atomic mass is 16.6. The van der Waals surface area contributed by atoms with E-state index in [9.17, 15) is 4.79 Å². The molecule has 1 aliphatic heterocycles. The Labute approximate surface area is 147 Å². The maximum atomic E-state index is 10.6. The van der Waals surface area contributed by atoms with Crippen molar-refractivity contribution in [1.82, 2.24) is 0 Å². The van der Waals surface area contributed by atoms with Crippen LogP contribution in [0.1, 0.15) is 80.6 Å². The van der Waals surface area contributed by atoms with Crippen molar-refractivity contribution in [2.45, 2.75) is 103 Å². The minimum Gasteiger partial charge on any atom is -0.463 e. The molecule has 1 saturated heterocycles. The predicted molar refractivity (Wildman–Crippen MR) is 97.1 cm³/mol. The summed E-state index contributed by atoms with van der Waals surface area (Å²) in [5.74, 6) is -0.153. The summed E-state index contributed by atoms with van der Waals surface area (Å²) in [6.07, 6.45) is 4.97. The van der Waals surface area contributed by atoms with Gasteiger partial charge in [0.1, 0.15) is 12.7 Å². The van der Waals surface area contributed by atoms with Gasteiger partial charge >= 0.3 is 5.97 Å². The summed E-state index contributed by atoms with van der Waals surface area (Å²) in [6, 6.07) is 0. The van der Waals surface area contributed by atoms with Crippen LogP contribution in [-0.2, 0) is 19.0 Å². The van der Waals surface area contributed by atoms with Crippen LogP contribution < -0.4 is 0 Å². The van der Waals surface area contributed by atoms with E-state index < -0.39 is 0 Å². The molecular formula is C20H36O4. The van der Waals surface area contributed by atoms with Gasteiger partial charge in [0.25, 0.3) is 0 Å². The molecule has 0 bridgehead atoms. The Balaban J connectivity index is 0.000000243. The number of carbonyl (C=O) groups is 1. The van der Waals surface area contributed by atoms with E-state index in [1.165, 1.54) is 24.8 Å². The van der Waals surface area contributed by atoms with E-state index in [0.717, 1.165) is 6.42 Å². The molecule has 1 saturated carbocycles. The van der Waals surface area contributed by atoms with Crippen LogP contribution in [0, 0.1) is 0 Å². The summed E-state index contributed by atoms with van der Waals surface area (Å²) >= 11 is 0. The van der Waals surface area contributed by atoms with Crippen molar-refractivity contribution in [3.8, 4) is 0 Å². The number of hydrogen-bond donors (Lipinski definition) is 0. The zero-order chi connectivity index (χ0) is 18.6. The molecular weight excluding hydrogens is 304 g/mol. The molecule has 2 aliphatic rings. The van der Waals surface area contributed by atoms with E-state index >= 15 is 0 Å². The first kappa shape index (κ1) is 21.2. The van der Waals surface area contributed by atoms with Crippen molar-refractivity contribution in [1.29, 1.82) is 0 Å². The largest absolute Gasteiger partial charge is 0.463 e. The average Bonchev–Trinajstić information content (AvgIpc) is 2.69. The summed E-state index contributed by atoms with van der Waals surface area (Å²) in [7, 11) is 0. The summed E-state index contributed by atoms with van der Waals surface area (Å²) < 4.78 is 16.3. The van der Waals surface area contributed by atoms with Gasteiger partial charge < -0.3 is 14.2 Å². The maximum absolute atomic E-state index is 10.6. The molecule has 0 aromatic heterocycles. The third-order valence-corrected chi connectivity index (χ3v) is 3.76. The van der Waals surface area contributed by atoms with E-state index in [2.05, 4.69) is 34.3 Å². The van der Waals surface area contributed by atoms with Crippen molar-refractivity contribution in [3.63, 3.8) is 0 Å². The molecule has 2 rings (SSSR count). The SMILES string of the molecule is C=C1CCCC(C)(OC(C)(C)C)C1.CC(C)(C)OC1COC(=O)C1. The lowest BCUT2D eigenvalue weighted by Crippen LogP contribution is -2.39. The second-order valence-corrected chi connectivity index (χ2v) is 9.18. The molecule has 0 spiro atoms. The van der Waals surface area contributed by atoms with E-state index in [-0.39, 0.29) is 28.9 Å². The van der Waals surface area contributed by atoms with Crippen LogP contribution in [0.25, 0.3) is 0 Å². The topological polar surface area (TPSA) is 44.8 Å². The van der Waals surface area contributed by atoms with E-state index in [1.54, 1.807) is 0 Å². The van der Waals surface area contributed by atoms with E-state index in [1.807, 2.05) is 20.8 Å². The van der Waals surface area contributed by atoms with Crippen molar-refractivity contribution >= 4 is 5.97 Å². The number of carbonyl (C=O) groups excluding carboxylic acids is 1. The lowest BCUT2D eigenvalue weighted by molar-refractivity contribution is -0.138. The maximum Gasteiger partial charge on any atom is 0.308 e. The zero-order valence-corrected chi connectivity index (χ0v) is 16.7. The molecule has 4 nitrogen and oxygen atoms in total. The fourth-order valence-electron chi connectivity index (χ4n) is 3.31. The number of cyclic esters (lactones) is 1. The Morgan fingerprint density at radius 3 is 2.21 bits per heavy atom. The second kappa shape index (κ2) is 8.01. The van der Waals surface area contributed by atoms with Gasteiger partial charge in [0, 0.05) is 0 Å². The van der Waals surface area contributed by atoms with Crippen molar-refractivity contribution in [2.75, 3.05) is 6.61 Å². The molecule has 2 atom stereocenters. The number of rotatable bonds is 2. The first-order valence-electron chi connectivity index (χ1n) is 8.98. The molecule has 0 aromatic rings. The van der Waals surface area contributed by atoms with E-state index in [0.29, 0.717) is 13.0 Å². The summed E-state index contributed by atoms with van der Waals surface area (Å²) in [4.78, 5) is 10.6. The number of hydrogen-bond acceptors (Lipinski definition) is 4. The van der Waals surface area contributed by atoms with Crippen molar-refractivity contribution in [3.05, 3.63) is 12.2 Å². The predicted octanol–water partition coefficient (Wildman–Crippen LogP) is 4.81. The van der Waals surface area contributed by atoms with Crippen molar-refractivity contribution in [2.24, 2.45) is 0 Å². The second-order valence-electron chi connectivity index (χ2n) is 9.18. The third-order valence-electron chi connectivity index (χ3n) is 3.76. The first-order valence-corrected chi connectivity index (χ1v) is 8.98. The van der Waals surface area contributed by atoms with Crippen LogP contribution in [0.15, 0.2) is 12.2 Å². The lowest BCUT2D eigenvalue weighted by Gasteiger charge is -2.40. The normalized spacial score (nSPS) is 28.2. The van der Waals surface area contributed by atoms with Gasteiger partial charge in [-0.2, -0.15) is 0 Å². The summed E-state index contributed by atoms with van der Waals surface area (Å²) in [6.45, 7) is 18.9. The van der Waals surface area contributed by atoms with Crippen LogP contribution >= 0.6 is 0 Å². The van der Waals surface area contributed by atoms with Crippen molar-refractivity contribution < 1.29 is 19.0 Å². The molecule has 2 unspecified atom stereocenters. The molecule has 0 radical (unpaired) electrons. The Bertz CT molecular complexity index is 442. The van der Waals surface area contributed by atoms with Gasteiger partial charge in [-0.05, 0) is 74.1 Å². The van der Waals surface area contributed by atoms with Crippen LogP contribution in [0.3, 0.4) is 0 Å². The van der Waals surface area contributed by atoms with Gasteiger partial charge in [-0.1, -0.05) is 12.2 Å². The third kappa shape index (κ3) is 8.84. The molecule has 0 aromatic carbocycles. The Kier molecular flexibility index (Phi) is 7.06. The van der Waals surface area contributed by atoms with E-state index in [4.69, 9.17) is 14.2 Å². The minimum atomic E-state index is -0.182. The van der Waals surface area contributed by atoms with Gasteiger partial charge in [0.15, 0.2) is 0 Å². The highest BCUT2D eigenvalue weighted by Gasteiger charge is 2.33. The van der Waals surface area contributed by atoms with Crippen LogP contribution in [0.4, 0.5) is 0 Å². The molecule has 2 fully saturated rings. The number of esters is 1. The molecule has 140 valence electrons. The monoisotopic (exact) mass is 340 g/mol. The Morgan fingerprint density at radius 1 is 1.17 bits per heavy atom. The molecule has 24 heavy (non-hydrogen) atoms. The smallest absolute Gasteiger partial charge is 0.308 e. The van der Waals surface area contributed by atoms with Crippen LogP contribution in [0.5, 0.6) is 0 Å². The van der Waals surface area contributed by atoms with Gasteiger partial charge in [0.2, 0.25) is 0 Å². The van der Waals surface area contributed by atoms with Gasteiger partial charge in [-0.3, -0.25) is 4.79 Å². The standard InChI is InChI=1S/C12H22O.C8H14O3/c1-10-7-6-8-12(5,9-10)13-11(2,3)4;1-8(2,3)11-6-4-7(9)10-5-6/h1,6-9H2,2-5H3;6H,4-5H2,1-3H3. The molecule has 1 heterocycles. The highest BCUT2D eigenvalue weighted by molar-refractivity contribution is 5.71. The summed E-state index contributed by atoms with van der Waals surface area (Å²) in [5.41, 5.74) is 1.16. The minimum absolute atomic E-state index is 0.0353. The lowest BCUT2D eigenvalue weighted by atomic mass is 9.83.